The lowest BCUT2D eigenvalue weighted by atomic mass is 10.2. The molecule has 0 saturated heterocycles. The zero-order chi connectivity index (χ0) is 13.0. The standard InChI is InChI=1S/C11H15N3O3/c1-7-9(6-12-8(2)13-7)11(17)14(3)5-4-10(15)16/h6H,4-5H2,1-3H3,(H,15,16). The average Bonchev–Trinajstić information content (AvgIpc) is 2.25. The molecule has 6 nitrogen and oxygen atoms in total. The molecule has 1 rings (SSSR count). The first-order valence-electron chi connectivity index (χ1n) is 5.19. The summed E-state index contributed by atoms with van der Waals surface area (Å²) in [5, 5.41) is 8.54. The SMILES string of the molecule is Cc1ncc(C(=O)N(C)CCC(=O)O)c(C)n1. The molecule has 0 fully saturated rings. The van der Waals surface area contributed by atoms with E-state index in [2.05, 4.69) is 9.97 Å². The predicted octanol–water partition coefficient (Wildman–Crippen LogP) is 0.640. The van der Waals surface area contributed by atoms with Gasteiger partial charge in [0.25, 0.3) is 5.91 Å². The lowest BCUT2D eigenvalue weighted by Gasteiger charge is -2.16. The van der Waals surface area contributed by atoms with Crippen LogP contribution in [0.1, 0.15) is 28.3 Å². The molecule has 0 unspecified atom stereocenters. The fourth-order valence-electron chi connectivity index (χ4n) is 1.36. The number of aryl methyl sites for hydroxylation is 2. The lowest BCUT2D eigenvalue weighted by Crippen LogP contribution is -2.30. The predicted molar refractivity (Wildman–Crippen MR) is 60.7 cm³/mol. The van der Waals surface area contributed by atoms with Gasteiger partial charge in [0.05, 0.1) is 17.7 Å². The van der Waals surface area contributed by atoms with Crippen LogP contribution in [0.4, 0.5) is 0 Å². The summed E-state index contributed by atoms with van der Waals surface area (Å²) in [5.74, 6) is -0.586. The Morgan fingerprint density at radius 3 is 2.59 bits per heavy atom. The normalized spacial score (nSPS) is 10.1. The van der Waals surface area contributed by atoms with Gasteiger partial charge >= 0.3 is 5.97 Å². The first-order chi connectivity index (χ1) is 7.91. The molecule has 92 valence electrons. The van der Waals surface area contributed by atoms with E-state index in [1.165, 1.54) is 11.1 Å². The molecule has 1 aromatic heterocycles. The van der Waals surface area contributed by atoms with Gasteiger partial charge in [-0.05, 0) is 13.8 Å². The van der Waals surface area contributed by atoms with E-state index in [-0.39, 0.29) is 18.9 Å². The van der Waals surface area contributed by atoms with Crippen LogP contribution < -0.4 is 0 Å². The van der Waals surface area contributed by atoms with Crippen molar-refractivity contribution in [3.8, 4) is 0 Å². The highest BCUT2D eigenvalue weighted by Crippen LogP contribution is 2.07. The van der Waals surface area contributed by atoms with Crippen LogP contribution in [0.5, 0.6) is 0 Å². The number of carbonyl (C=O) groups excluding carboxylic acids is 1. The van der Waals surface area contributed by atoms with Crippen LogP contribution in [0.25, 0.3) is 0 Å². The molecule has 0 aliphatic heterocycles. The molecule has 0 aromatic carbocycles. The summed E-state index contributed by atoms with van der Waals surface area (Å²) in [4.78, 5) is 31.8. The molecule has 0 aliphatic carbocycles. The molecule has 1 N–H and O–H groups in total. The van der Waals surface area contributed by atoms with Gasteiger partial charge in [-0.3, -0.25) is 9.59 Å². The minimum atomic E-state index is -0.929. The Balaban J connectivity index is 2.78. The molecule has 1 aromatic rings. The van der Waals surface area contributed by atoms with Crippen LogP contribution >= 0.6 is 0 Å². The van der Waals surface area contributed by atoms with Gasteiger partial charge in [-0.25, -0.2) is 9.97 Å². The fourth-order valence-corrected chi connectivity index (χ4v) is 1.36. The van der Waals surface area contributed by atoms with Gasteiger partial charge in [-0.15, -0.1) is 0 Å². The van der Waals surface area contributed by atoms with Crippen LogP contribution in [0, 0.1) is 13.8 Å². The second-order valence-electron chi connectivity index (χ2n) is 3.79. The first-order valence-corrected chi connectivity index (χ1v) is 5.19. The number of nitrogens with zero attached hydrogens (tertiary/aromatic N) is 3. The topological polar surface area (TPSA) is 83.4 Å². The van der Waals surface area contributed by atoms with Crippen LogP contribution in [-0.2, 0) is 4.79 Å². The average molecular weight is 237 g/mol. The molecule has 0 bridgehead atoms. The minimum Gasteiger partial charge on any atom is -0.481 e. The highest BCUT2D eigenvalue weighted by atomic mass is 16.4. The van der Waals surface area contributed by atoms with Crippen LogP contribution in [0.2, 0.25) is 0 Å². The molecule has 17 heavy (non-hydrogen) atoms. The number of carboxylic acid groups (broad SMARTS) is 1. The summed E-state index contributed by atoms with van der Waals surface area (Å²) in [6.45, 7) is 3.64. The smallest absolute Gasteiger partial charge is 0.305 e. The second kappa shape index (κ2) is 5.38. The number of aliphatic carboxylic acids is 1. The monoisotopic (exact) mass is 237 g/mol. The van der Waals surface area contributed by atoms with Crippen molar-refractivity contribution in [1.29, 1.82) is 0 Å². The highest BCUT2D eigenvalue weighted by molar-refractivity contribution is 5.94. The summed E-state index contributed by atoms with van der Waals surface area (Å²) in [5.41, 5.74) is 1.01. The van der Waals surface area contributed by atoms with Gasteiger partial charge in [-0.2, -0.15) is 0 Å². The van der Waals surface area contributed by atoms with Crippen molar-refractivity contribution in [2.24, 2.45) is 0 Å². The van der Waals surface area contributed by atoms with E-state index in [4.69, 9.17) is 5.11 Å². The number of carboxylic acids is 1. The Morgan fingerprint density at radius 2 is 2.06 bits per heavy atom. The molecule has 6 heteroatoms. The zero-order valence-corrected chi connectivity index (χ0v) is 10.1. The van der Waals surface area contributed by atoms with E-state index in [0.717, 1.165) is 0 Å². The lowest BCUT2D eigenvalue weighted by molar-refractivity contribution is -0.137. The second-order valence-corrected chi connectivity index (χ2v) is 3.79. The number of hydrogen-bond donors (Lipinski definition) is 1. The van der Waals surface area contributed by atoms with Crippen molar-refractivity contribution in [1.82, 2.24) is 14.9 Å². The van der Waals surface area contributed by atoms with E-state index < -0.39 is 5.97 Å². The van der Waals surface area contributed by atoms with Crippen LogP contribution in [0.15, 0.2) is 6.20 Å². The fraction of sp³-hybridized carbons (Fsp3) is 0.455. The van der Waals surface area contributed by atoms with Crippen LogP contribution in [-0.4, -0.2) is 45.4 Å². The van der Waals surface area contributed by atoms with Gasteiger partial charge in [0.2, 0.25) is 0 Å². The van der Waals surface area contributed by atoms with Crippen LogP contribution in [0.3, 0.4) is 0 Å². The largest absolute Gasteiger partial charge is 0.481 e. The van der Waals surface area contributed by atoms with Gasteiger partial charge in [0.1, 0.15) is 5.82 Å². The first kappa shape index (κ1) is 13.1. The Bertz CT molecular complexity index is 446. The third kappa shape index (κ3) is 3.51. The van der Waals surface area contributed by atoms with E-state index in [0.29, 0.717) is 17.1 Å². The Hall–Kier alpha value is -1.98. The van der Waals surface area contributed by atoms with Crippen molar-refractivity contribution in [2.75, 3.05) is 13.6 Å². The summed E-state index contributed by atoms with van der Waals surface area (Å²) in [7, 11) is 1.56. The van der Waals surface area contributed by atoms with Gasteiger partial charge in [0, 0.05) is 19.8 Å². The summed E-state index contributed by atoms with van der Waals surface area (Å²) >= 11 is 0. The Labute approximate surface area is 99.3 Å². The Kier molecular flexibility index (Phi) is 4.14. The molecular weight excluding hydrogens is 222 g/mol. The quantitative estimate of drug-likeness (QED) is 0.830. The molecule has 1 amide bonds. The third-order valence-electron chi connectivity index (χ3n) is 2.34. The maximum atomic E-state index is 11.9. The highest BCUT2D eigenvalue weighted by Gasteiger charge is 2.16. The van der Waals surface area contributed by atoms with E-state index in [1.54, 1.807) is 20.9 Å². The van der Waals surface area contributed by atoms with Crippen molar-refractivity contribution in [2.45, 2.75) is 20.3 Å². The number of amides is 1. The molecule has 0 radical (unpaired) electrons. The number of hydrogen-bond acceptors (Lipinski definition) is 4. The minimum absolute atomic E-state index is 0.0754. The molecule has 0 atom stereocenters. The molecule has 1 heterocycles. The van der Waals surface area contributed by atoms with Gasteiger partial charge in [0.15, 0.2) is 0 Å². The van der Waals surface area contributed by atoms with Crippen molar-refractivity contribution < 1.29 is 14.7 Å². The summed E-state index contributed by atoms with van der Waals surface area (Å²) in [6, 6.07) is 0. The number of aromatic nitrogens is 2. The third-order valence-corrected chi connectivity index (χ3v) is 2.34. The zero-order valence-electron chi connectivity index (χ0n) is 10.1. The van der Waals surface area contributed by atoms with E-state index in [1.807, 2.05) is 0 Å². The maximum absolute atomic E-state index is 11.9. The van der Waals surface area contributed by atoms with E-state index in [9.17, 15) is 9.59 Å². The number of rotatable bonds is 4. The Morgan fingerprint density at radius 1 is 1.41 bits per heavy atom. The van der Waals surface area contributed by atoms with Gasteiger partial charge in [-0.1, -0.05) is 0 Å². The number of carbonyl (C=O) groups is 2. The molecular formula is C11H15N3O3. The summed E-state index contributed by atoms with van der Waals surface area (Å²) in [6.07, 6.45) is 1.39. The maximum Gasteiger partial charge on any atom is 0.305 e. The molecule has 0 saturated carbocycles. The van der Waals surface area contributed by atoms with Gasteiger partial charge < -0.3 is 10.0 Å². The van der Waals surface area contributed by atoms with Crippen molar-refractivity contribution in [3.63, 3.8) is 0 Å². The summed E-state index contributed by atoms with van der Waals surface area (Å²) < 4.78 is 0. The van der Waals surface area contributed by atoms with Crippen molar-refractivity contribution in [3.05, 3.63) is 23.3 Å². The molecule has 0 aliphatic rings. The van der Waals surface area contributed by atoms with E-state index >= 15 is 0 Å². The van der Waals surface area contributed by atoms with Crippen molar-refractivity contribution >= 4 is 11.9 Å². The molecule has 0 spiro atoms.